The monoisotopic (exact) mass is 207 g/mol. The second-order valence-electron chi connectivity index (χ2n) is 5.54. The van der Waals surface area contributed by atoms with Crippen molar-refractivity contribution in [2.45, 2.75) is 57.5 Å². The summed E-state index contributed by atoms with van der Waals surface area (Å²) in [5, 5.41) is 4.38. The fourth-order valence-corrected chi connectivity index (χ4v) is 2.24. The highest BCUT2D eigenvalue weighted by atomic mass is 15.3. The predicted octanol–water partition coefficient (Wildman–Crippen LogP) is 2.23. The van der Waals surface area contributed by atoms with Crippen LogP contribution in [-0.4, -0.2) is 15.3 Å². The van der Waals surface area contributed by atoms with E-state index in [1.54, 1.807) is 0 Å². The van der Waals surface area contributed by atoms with Crippen LogP contribution in [-0.2, 0) is 5.41 Å². The van der Waals surface area contributed by atoms with Crippen LogP contribution in [0.2, 0.25) is 0 Å². The standard InChI is InChI=1S/C12H21N3/c1-9(2)15-10(5-8-14-15)11(3,4)12(13)6-7-12/h5,8-9H,6-7,13H2,1-4H3. The second-order valence-corrected chi connectivity index (χ2v) is 5.54. The Morgan fingerprint density at radius 2 is 2.07 bits per heavy atom. The van der Waals surface area contributed by atoms with E-state index < -0.39 is 0 Å². The van der Waals surface area contributed by atoms with Gasteiger partial charge in [0.05, 0.1) is 0 Å². The van der Waals surface area contributed by atoms with Gasteiger partial charge in [0, 0.05) is 28.9 Å². The third-order valence-corrected chi connectivity index (χ3v) is 3.83. The molecule has 0 unspecified atom stereocenters. The van der Waals surface area contributed by atoms with Gasteiger partial charge in [-0.2, -0.15) is 5.10 Å². The molecule has 84 valence electrons. The molecule has 0 saturated heterocycles. The van der Waals surface area contributed by atoms with Gasteiger partial charge in [-0.15, -0.1) is 0 Å². The minimum absolute atomic E-state index is 0.0142. The third kappa shape index (κ3) is 1.49. The maximum absolute atomic E-state index is 6.34. The number of hydrogen-bond donors (Lipinski definition) is 1. The number of nitrogens with zero attached hydrogens (tertiary/aromatic N) is 2. The van der Waals surface area contributed by atoms with Crippen LogP contribution in [0.1, 0.15) is 52.3 Å². The van der Waals surface area contributed by atoms with E-state index >= 15 is 0 Å². The van der Waals surface area contributed by atoms with E-state index in [2.05, 4.69) is 43.5 Å². The van der Waals surface area contributed by atoms with Gasteiger partial charge in [0.15, 0.2) is 0 Å². The van der Waals surface area contributed by atoms with Crippen LogP contribution in [0.4, 0.5) is 0 Å². The normalized spacial score (nSPS) is 19.6. The molecule has 1 fully saturated rings. The first kappa shape index (κ1) is 10.7. The van der Waals surface area contributed by atoms with Crippen LogP contribution >= 0.6 is 0 Å². The molecule has 15 heavy (non-hydrogen) atoms. The molecule has 0 aromatic carbocycles. The zero-order valence-corrected chi connectivity index (χ0v) is 10.1. The topological polar surface area (TPSA) is 43.8 Å². The quantitative estimate of drug-likeness (QED) is 0.826. The first-order chi connectivity index (χ1) is 6.88. The molecule has 2 N–H and O–H groups in total. The van der Waals surface area contributed by atoms with E-state index in [1.165, 1.54) is 5.69 Å². The van der Waals surface area contributed by atoms with Crippen LogP contribution in [0.3, 0.4) is 0 Å². The van der Waals surface area contributed by atoms with E-state index in [0.717, 1.165) is 12.8 Å². The van der Waals surface area contributed by atoms with E-state index in [4.69, 9.17) is 5.73 Å². The molecule has 0 spiro atoms. The van der Waals surface area contributed by atoms with Gasteiger partial charge in [-0.3, -0.25) is 4.68 Å². The maximum atomic E-state index is 6.34. The van der Waals surface area contributed by atoms with Crippen LogP contribution in [0.15, 0.2) is 12.3 Å². The highest BCUT2D eigenvalue weighted by Crippen LogP contribution is 2.49. The first-order valence-electron chi connectivity index (χ1n) is 5.71. The Morgan fingerprint density at radius 1 is 1.47 bits per heavy atom. The summed E-state index contributed by atoms with van der Waals surface area (Å²) in [5.74, 6) is 0. The molecule has 3 nitrogen and oxygen atoms in total. The van der Waals surface area contributed by atoms with Crippen molar-refractivity contribution in [3.8, 4) is 0 Å². The number of nitrogens with two attached hydrogens (primary N) is 1. The average molecular weight is 207 g/mol. The van der Waals surface area contributed by atoms with Gasteiger partial charge in [0.2, 0.25) is 0 Å². The molecule has 1 saturated carbocycles. The van der Waals surface area contributed by atoms with Crippen molar-refractivity contribution in [3.05, 3.63) is 18.0 Å². The Hall–Kier alpha value is -0.830. The van der Waals surface area contributed by atoms with Gasteiger partial charge in [-0.25, -0.2) is 0 Å². The summed E-state index contributed by atoms with van der Waals surface area (Å²) in [6.45, 7) is 8.77. The van der Waals surface area contributed by atoms with Crippen LogP contribution in [0, 0.1) is 0 Å². The van der Waals surface area contributed by atoms with Crippen molar-refractivity contribution in [1.82, 2.24) is 9.78 Å². The van der Waals surface area contributed by atoms with Crippen molar-refractivity contribution < 1.29 is 0 Å². The fourth-order valence-electron chi connectivity index (χ4n) is 2.24. The van der Waals surface area contributed by atoms with Gasteiger partial charge < -0.3 is 5.73 Å². The lowest BCUT2D eigenvalue weighted by molar-refractivity contribution is 0.345. The summed E-state index contributed by atoms with van der Waals surface area (Å²) in [5.41, 5.74) is 7.61. The average Bonchev–Trinajstić information content (AvgIpc) is 2.73. The summed E-state index contributed by atoms with van der Waals surface area (Å²) in [7, 11) is 0. The Bertz CT molecular complexity index is 359. The van der Waals surface area contributed by atoms with Crippen molar-refractivity contribution in [1.29, 1.82) is 0 Å². The lowest BCUT2D eigenvalue weighted by atomic mass is 9.79. The molecule has 2 rings (SSSR count). The van der Waals surface area contributed by atoms with Crippen LogP contribution in [0.5, 0.6) is 0 Å². The predicted molar refractivity (Wildman–Crippen MR) is 61.8 cm³/mol. The molecular weight excluding hydrogens is 186 g/mol. The Morgan fingerprint density at radius 3 is 2.53 bits per heavy atom. The second kappa shape index (κ2) is 3.08. The molecular formula is C12H21N3. The zero-order valence-electron chi connectivity index (χ0n) is 10.1. The molecule has 0 bridgehead atoms. The maximum Gasteiger partial charge on any atom is 0.0492 e. The number of hydrogen-bond acceptors (Lipinski definition) is 2. The van der Waals surface area contributed by atoms with E-state index in [0.29, 0.717) is 6.04 Å². The van der Waals surface area contributed by atoms with Gasteiger partial charge in [-0.1, -0.05) is 13.8 Å². The van der Waals surface area contributed by atoms with Gasteiger partial charge in [-0.05, 0) is 32.8 Å². The van der Waals surface area contributed by atoms with Crippen LogP contribution < -0.4 is 5.73 Å². The lowest BCUT2D eigenvalue weighted by Crippen LogP contribution is -2.44. The summed E-state index contributed by atoms with van der Waals surface area (Å²) < 4.78 is 2.09. The molecule has 1 aromatic rings. The summed E-state index contributed by atoms with van der Waals surface area (Å²) in [6, 6.07) is 2.50. The van der Waals surface area contributed by atoms with E-state index in [9.17, 15) is 0 Å². The SMILES string of the molecule is CC(C)n1nccc1C(C)(C)C1(N)CC1. The molecule has 1 aromatic heterocycles. The van der Waals surface area contributed by atoms with Crippen molar-refractivity contribution in [3.63, 3.8) is 0 Å². The van der Waals surface area contributed by atoms with Gasteiger partial charge >= 0.3 is 0 Å². The Balaban J connectivity index is 2.40. The third-order valence-electron chi connectivity index (χ3n) is 3.83. The molecule has 0 atom stereocenters. The molecule has 1 aliphatic carbocycles. The first-order valence-corrected chi connectivity index (χ1v) is 5.71. The van der Waals surface area contributed by atoms with Crippen LogP contribution in [0.25, 0.3) is 0 Å². The minimum atomic E-state index is -0.0142. The smallest absolute Gasteiger partial charge is 0.0492 e. The molecule has 1 heterocycles. The minimum Gasteiger partial charge on any atom is -0.324 e. The molecule has 0 amide bonds. The number of aromatic nitrogens is 2. The van der Waals surface area contributed by atoms with Crippen molar-refractivity contribution in [2.75, 3.05) is 0 Å². The fraction of sp³-hybridized carbons (Fsp3) is 0.750. The summed E-state index contributed by atoms with van der Waals surface area (Å²) >= 11 is 0. The summed E-state index contributed by atoms with van der Waals surface area (Å²) in [4.78, 5) is 0. The zero-order chi connectivity index (χ0) is 11.3. The Kier molecular flexibility index (Phi) is 2.19. The molecule has 0 radical (unpaired) electrons. The molecule has 0 aliphatic heterocycles. The lowest BCUT2D eigenvalue weighted by Gasteiger charge is -2.33. The Labute approximate surface area is 91.7 Å². The highest BCUT2D eigenvalue weighted by molar-refractivity contribution is 5.27. The number of rotatable bonds is 3. The van der Waals surface area contributed by atoms with Crippen molar-refractivity contribution in [2.24, 2.45) is 5.73 Å². The highest BCUT2D eigenvalue weighted by Gasteiger charge is 2.53. The molecule has 3 heteroatoms. The summed E-state index contributed by atoms with van der Waals surface area (Å²) in [6.07, 6.45) is 4.13. The van der Waals surface area contributed by atoms with E-state index in [-0.39, 0.29) is 11.0 Å². The van der Waals surface area contributed by atoms with Gasteiger partial charge in [0.1, 0.15) is 0 Å². The molecule has 1 aliphatic rings. The largest absolute Gasteiger partial charge is 0.324 e. The van der Waals surface area contributed by atoms with Gasteiger partial charge in [0.25, 0.3) is 0 Å². The van der Waals surface area contributed by atoms with Crippen molar-refractivity contribution >= 4 is 0 Å². The van der Waals surface area contributed by atoms with E-state index in [1.807, 2.05) is 6.20 Å².